The molecule has 0 spiro atoms. The fraction of sp³-hybridized carbons (Fsp3) is 0.940. The Balaban J connectivity index is 2.47. The third-order valence-corrected chi connectivity index (χ3v) is 13.9. The highest BCUT2D eigenvalue weighted by Gasteiger charge is 2.51. The van der Waals surface area contributed by atoms with Crippen molar-refractivity contribution in [3.8, 4) is 0 Å². The highest BCUT2D eigenvalue weighted by Crippen LogP contribution is 2.47. The molecule has 1 fully saturated rings. The summed E-state index contributed by atoms with van der Waals surface area (Å²) in [6.45, 7) is 3.77. The normalized spacial score (nSPS) is 22.7. The molecule has 0 heterocycles. The standard InChI is InChI=1S/C50H98NO12P/c1-3-5-7-9-11-13-15-17-19-21-22-23-25-27-29-31-33-35-37-41(52)39-44(54)51-42(40-62-64(60,61)63-50-48(58)46(56)45(55)47(57)49(50)59)43(53)38-36-34-32-30-28-26-24-20-18-16-14-12-10-8-6-4-2/h36,38,41-43,45-50,52-53,55-59H,3-35,37,39-40H2,1-2H3,(H,51,54)(H,60,61)/b38-36+. The first kappa shape index (κ1) is 61.1. The number of aliphatic hydroxyl groups is 7. The van der Waals surface area contributed by atoms with E-state index in [2.05, 4.69) is 19.2 Å². The van der Waals surface area contributed by atoms with Gasteiger partial charge in [0.05, 0.1) is 31.3 Å². The Morgan fingerprint density at radius 3 is 1.28 bits per heavy atom. The lowest BCUT2D eigenvalue weighted by atomic mass is 9.85. The molecule has 1 aliphatic carbocycles. The van der Waals surface area contributed by atoms with Crippen LogP contribution in [0.2, 0.25) is 0 Å². The first-order valence-corrected chi connectivity index (χ1v) is 27.7. The predicted molar refractivity (Wildman–Crippen MR) is 257 cm³/mol. The third kappa shape index (κ3) is 31.2. The molecular weight excluding hydrogens is 838 g/mol. The fourth-order valence-electron chi connectivity index (χ4n) is 8.60. The van der Waals surface area contributed by atoms with Crippen LogP contribution in [0.5, 0.6) is 0 Å². The molecule has 13 nitrogen and oxygen atoms in total. The lowest BCUT2D eigenvalue weighted by Crippen LogP contribution is -2.64. The van der Waals surface area contributed by atoms with Gasteiger partial charge < -0.3 is 46.0 Å². The molecule has 0 aliphatic heterocycles. The molecule has 0 aromatic rings. The Morgan fingerprint density at radius 2 is 0.891 bits per heavy atom. The zero-order valence-electron chi connectivity index (χ0n) is 40.5. The molecule has 8 unspecified atom stereocenters. The van der Waals surface area contributed by atoms with Crippen LogP contribution in [0.1, 0.15) is 239 Å². The maximum atomic E-state index is 13.0. The second-order valence-electron chi connectivity index (χ2n) is 18.9. The van der Waals surface area contributed by atoms with E-state index in [0.717, 1.165) is 44.9 Å². The van der Waals surface area contributed by atoms with E-state index < -0.39 is 75.2 Å². The van der Waals surface area contributed by atoms with Gasteiger partial charge in [0.25, 0.3) is 0 Å². The number of phosphoric ester groups is 1. The van der Waals surface area contributed by atoms with Crippen molar-refractivity contribution < 1.29 is 59.0 Å². The molecule has 1 aliphatic rings. The van der Waals surface area contributed by atoms with Crippen molar-refractivity contribution in [1.29, 1.82) is 0 Å². The van der Waals surface area contributed by atoms with Gasteiger partial charge in [0, 0.05) is 0 Å². The summed E-state index contributed by atoms with van der Waals surface area (Å²) in [5.74, 6) is -0.588. The molecule has 1 saturated carbocycles. The Labute approximate surface area is 389 Å². The first-order chi connectivity index (χ1) is 30.8. The van der Waals surface area contributed by atoms with Gasteiger partial charge in [-0.1, -0.05) is 225 Å². The summed E-state index contributed by atoms with van der Waals surface area (Å²) < 4.78 is 22.9. The number of unbranched alkanes of at least 4 members (excludes halogenated alkanes) is 31. The van der Waals surface area contributed by atoms with Crippen molar-refractivity contribution in [1.82, 2.24) is 5.32 Å². The number of hydrogen-bond acceptors (Lipinski definition) is 11. The summed E-state index contributed by atoms with van der Waals surface area (Å²) in [6.07, 6.45) is 30.0. The Morgan fingerprint density at radius 1 is 0.547 bits per heavy atom. The molecule has 9 N–H and O–H groups in total. The lowest BCUT2D eigenvalue weighted by Gasteiger charge is -2.41. The molecular formula is C50H98NO12P. The van der Waals surface area contributed by atoms with Crippen molar-refractivity contribution in [2.24, 2.45) is 0 Å². The van der Waals surface area contributed by atoms with Gasteiger partial charge in [0.15, 0.2) is 0 Å². The van der Waals surface area contributed by atoms with Crippen molar-refractivity contribution in [3.63, 3.8) is 0 Å². The maximum Gasteiger partial charge on any atom is 0.472 e. The summed E-state index contributed by atoms with van der Waals surface area (Å²) in [5.41, 5.74) is 0. The second kappa shape index (κ2) is 40.0. The molecule has 1 rings (SSSR count). The van der Waals surface area contributed by atoms with Crippen LogP contribution >= 0.6 is 7.82 Å². The number of aliphatic hydroxyl groups excluding tert-OH is 7. The highest BCUT2D eigenvalue weighted by molar-refractivity contribution is 7.47. The molecule has 14 heteroatoms. The van der Waals surface area contributed by atoms with Crippen molar-refractivity contribution in [2.45, 2.75) is 293 Å². The number of carbonyl (C=O) groups is 1. The van der Waals surface area contributed by atoms with Crippen LogP contribution < -0.4 is 5.32 Å². The molecule has 0 aromatic heterocycles. The minimum atomic E-state index is -5.14. The molecule has 1 amide bonds. The third-order valence-electron chi connectivity index (χ3n) is 12.9. The first-order valence-electron chi connectivity index (χ1n) is 26.2. The van der Waals surface area contributed by atoms with Crippen LogP contribution in [-0.4, -0.2) is 108 Å². The number of carbonyl (C=O) groups excluding carboxylic acids is 1. The molecule has 380 valence electrons. The van der Waals surface area contributed by atoms with E-state index in [-0.39, 0.29) is 6.42 Å². The van der Waals surface area contributed by atoms with Crippen molar-refractivity contribution in [2.75, 3.05) is 6.61 Å². The van der Waals surface area contributed by atoms with Crippen LogP contribution in [0.4, 0.5) is 0 Å². The maximum absolute atomic E-state index is 13.0. The molecule has 64 heavy (non-hydrogen) atoms. The van der Waals surface area contributed by atoms with E-state index in [1.807, 2.05) is 0 Å². The van der Waals surface area contributed by atoms with Gasteiger partial charge in [-0.05, 0) is 19.3 Å². The number of rotatable bonds is 44. The minimum absolute atomic E-state index is 0.239. The average molecular weight is 936 g/mol. The molecule has 0 radical (unpaired) electrons. The highest BCUT2D eigenvalue weighted by atomic mass is 31.2. The summed E-state index contributed by atoms with van der Waals surface area (Å²) in [5, 5.41) is 74.7. The second-order valence-corrected chi connectivity index (χ2v) is 20.3. The van der Waals surface area contributed by atoms with E-state index in [0.29, 0.717) is 12.8 Å². The summed E-state index contributed by atoms with van der Waals surface area (Å²) in [7, 11) is -5.14. The van der Waals surface area contributed by atoms with Gasteiger partial charge in [-0.15, -0.1) is 0 Å². The van der Waals surface area contributed by atoms with Crippen molar-refractivity contribution >= 4 is 13.7 Å². The van der Waals surface area contributed by atoms with Crippen LogP contribution in [0, 0.1) is 0 Å². The molecule has 0 bridgehead atoms. The minimum Gasteiger partial charge on any atom is -0.393 e. The van der Waals surface area contributed by atoms with Crippen LogP contribution in [0.25, 0.3) is 0 Å². The topological polar surface area (TPSA) is 226 Å². The smallest absolute Gasteiger partial charge is 0.393 e. The van der Waals surface area contributed by atoms with E-state index in [9.17, 15) is 50.0 Å². The zero-order valence-corrected chi connectivity index (χ0v) is 41.4. The van der Waals surface area contributed by atoms with E-state index >= 15 is 0 Å². The quantitative estimate of drug-likeness (QED) is 0.0158. The number of amides is 1. The molecule has 0 saturated heterocycles. The van der Waals surface area contributed by atoms with Gasteiger partial charge in [-0.3, -0.25) is 13.8 Å². The van der Waals surface area contributed by atoms with Gasteiger partial charge in [0.1, 0.15) is 36.6 Å². The van der Waals surface area contributed by atoms with Crippen LogP contribution in [-0.2, 0) is 18.4 Å². The SMILES string of the molecule is CCCCCCCCCCCCCCCC/C=C/C(O)C(COP(=O)(O)OC1C(O)C(O)C(O)C(O)C1O)NC(=O)CC(O)CCCCCCCCCCCCCCCCCCCC. The predicted octanol–water partition coefficient (Wildman–Crippen LogP) is 9.76. The Hall–Kier alpha value is -0.960. The zero-order chi connectivity index (χ0) is 47.3. The molecule has 0 aromatic carbocycles. The molecule has 8 atom stereocenters. The van der Waals surface area contributed by atoms with Gasteiger partial charge in [-0.25, -0.2) is 4.57 Å². The van der Waals surface area contributed by atoms with E-state index in [1.165, 1.54) is 167 Å². The van der Waals surface area contributed by atoms with Gasteiger partial charge in [-0.2, -0.15) is 0 Å². The Kier molecular flexibility index (Phi) is 38.1. The summed E-state index contributed by atoms with van der Waals surface area (Å²) in [4.78, 5) is 23.5. The monoisotopic (exact) mass is 936 g/mol. The average Bonchev–Trinajstić information content (AvgIpc) is 3.27. The van der Waals surface area contributed by atoms with Crippen molar-refractivity contribution in [3.05, 3.63) is 12.2 Å². The van der Waals surface area contributed by atoms with Crippen LogP contribution in [0.3, 0.4) is 0 Å². The number of phosphoric acid groups is 1. The number of nitrogens with one attached hydrogen (secondary N) is 1. The summed E-state index contributed by atoms with van der Waals surface area (Å²) >= 11 is 0. The number of hydrogen-bond donors (Lipinski definition) is 9. The van der Waals surface area contributed by atoms with Gasteiger partial charge in [0.2, 0.25) is 5.91 Å². The fourth-order valence-corrected chi connectivity index (χ4v) is 9.56. The number of allylic oxidation sites excluding steroid dienone is 1. The van der Waals surface area contributed by atoms with Gasteiger partial charge >= 0.3 is 7.82 Å². The summed E-state index contributed by atoms with van der Waals surface area (Å²) in [6, 6.07) is -1.24. The lowest BCUT2D eigenvalue weighted by molar-refractivity contribution is -0.220. The largest absolute Gasteiger partial charge is 0.472 e. The van der Waals surface area contributed by atoms with Crippen LogP contribution in [0.15, 0.2) is 12.2 Å². The van der Waals surface area contributed by atoms with E-state index in [1.54, 1.807) is 6.08 Å². The van der Waals surface area contributed by atoms with E-state index in [4.69, 9.17) is 9.05 Å². The Bertz CT molecular complexity index is 1150.